The lowest BCUT2D eigenvalue weighted by Gasteiger charge is -2.35. The molecule has 2 aliphatic rings. The molecule has 298 valence electrons. The van der Waals surface area contributed by atoms with Gasteiger partial charge < -0.3 is 4.90 Å². The van der Waals surface area contributed by atoms with Gasteiger partial charge in [0.05, 0.1) is 16.8 Å². The first-order valence-corrected chi connectivity index (χ1v) is 22.1. The molecule has 12 rings (SSSR count). The van der Waals surface area contributed by atoms with E-state index in [1.54, 1.807) is 0 Å². The minimum Gasteiger partial charge on any atom is -0.309 e. The zero-order valence-electron chi connectivity index (χ0n) is 35.5. The van der Waals surface area contributed by atoms with Gasteiger partial charge in [0.15, 0.2) is 0 Å². The van der Waals surface area contributed by atoms with E-state index in [0.717, 1.165) is 11.4 Å². The zero-order valence-corrected chi connectivity index (χ0v) is 35.5. The van der Waals surface area contributed by atoms with Crippen LogP contribution in [0, 0.1) is 0 Å². The van der Waals surface area contributed by atoms with Crippen molar-refractivity contribution in [3.05, 3.63) is 270 Å². The number of anilines is 3. The number of rotatable bonds is 7. The monoisotopic (exact) mass is 803 g/mol. The van der Waals surface area contributed by atoms with Crippen molar-refractivity contribution >= 4 is 27.8 Å². The number of hydrogen-bond donors (Lipinski definition) is 0. The summed E-state index contributed by atoms with van der Waals surface area (Å²) >= 11 is 0. The van der Waals surface area contributed by atoms with Gasteiger partial charge in [-0.05, 0) is 102 Å². The fraction of sp³-hybridized carbons (Fsp3) is 0.0645. The highest BCUT2D eigenvalue weighted by molar-refractivity contribution is 6.07. The molecule has 1 nitrogen and oxygen atoms in total. The number of benzene rings is 10. The van der Waals surface area contributed by atoms with Crippen molar-refractivity contribution in [2.24, 2.45) is 0 Å². The smallest absolute Gasteiger partial charge is 0.0714 e. The van der Waals surface area contributed by atoms with Gasteiger partial charge in [0.2, 0.25) is 0 Å². The molecule has 0 saturated carbocycles. The first-order chi connectivity index (χ1) is 31.0. The van der Waals surface area contributed by atoms with E-state index in [0.29, 0.717) is 0 Å². The third-order valence-corrected chi connectivity index (χ3v) is 13.9. The van der Waals surface area contributed by atoms with E-state index in [1.807, 2.05) is 0 Å². The van der Waals surface area contributed by atoms with Gasteiger partial charge in [-0.1, -0.05) is 226 Å². The van der Waals surface area contributed by atoms with Crippen molar-refractivity contribution in [2.45, 2.75) is 24.7 Å². The third kappa shape index (κ3) is 5.49. The summed E-state index contributed by atoms with van der Waals surface area (Å²) in [5.74, 6) is 0. The molecule has 0 N–H and O–H groups in total. The van der Waals surface area contributed by atoms with Gasteiger partial charge in [0.1, 0.15) is 0 Å². The Morgan fingerprint density at radius 2 is 0.873 bits per heavy atom. The highest BCUT2D eigenvalue weighted by Crippen LogP contribution is 2.60. The number of nitrogens with zero attached hydrogens (tertiary/aromatic N) is 1. The molecule has 0 atom stereocenters. The number of fused-ring (bicyclic) bond motifs is 8. The summed E-state index contributed by atoms with van der Waals surface area (Å²) in [6.07, 6.45) is 0. The molecule has 0 saturated heterocycles. The molecular weight excluding hydrogens is 759 g/mol. The molecule has 0 fully saturated rings. The molecule has 0 aliphatic heterocycles. The number of para-hydroxylation sites is 1. The van der Waals surface area contributed by atoms with E-state index in [2.05, 4.69) is 255 Å². The quantitative estimate of drug-likeness (QED) is 0.155. The van der Waals surface area contributed by atoms with Crippen LogP contribution in [-0.2, 0) is 10.8 Å². The maximum Gasteiger partial charge on any atom is 0.0714 e. The lowest BCUT2D eigenvalue weighted by Crippen LogP contribution is -2.28. The van der Waals surface area contributed by atoms with E-state index in [-0.39, 0.29) is 5.41 Å². The maximum atomic E-state index is 2.59. The third-order valence-electron chi connectivity index (χ3n) is 13.9. The first-order valence-electron chi connectivity index (χ1n) is 22.1. The Morgan fingerprint density at radius 3 is 1.59 bits per heavy atom. The maximum absolute atomic E-state index is 2.59. The molecule has 1 heteroatoms. The van der Waals surface area contributed by atoms with Gasteiger partial charge >= 0.3 is 0 Å². The molecule has 0 spiro atoms. The molecule has 2 aliphatic carbocycles. The molecule has 0 radical (unpaired) electrons. The molecule has 0 heterocycles. The van der Waals surface area contributed by atoms with E-state index in [4.69, 9.17) is 0 Å². The molecule has 0 bridgehead atoms. The van der Waals surface area contributed by atoms with Crippen LogP contribution in [0.4, 0.5) is 17.1 Å². The second-order valence-corrected chi connectivity index (χ2v) is 17.6. The summed E-state index contributed by atoms with van der Waals surface area (Å²) in [4.78, 5) is 2.59. The van der Waals surface area contributed by atoms with E-state index < -0.39 is 5.41 Å². The van der Waals surface area contributed by atoms with Crippen molar-refractivity contribution in [1.29, 1.82) is 0 Å². The molecule has 10 aromatic rings. The van der Waals surface area contributed by atoms with E-state index in [9.17, 15) is 0 Å². The Hall–Kier alpha value is -7.74. The number of hydrogen-bond acceptors (Lipinski definition) is 1. The molecule has 10 aromatic carbocycles. The predicted molar refractivity (Wildman–Crippen MR) is 264 cm³/mol. The van der Waals surface area contributed by atoms with Crippen LogP contribution in [0.5, 0.6) is 0 Å². The van der Waals surface area contributed by atoms with Crippen LogP contribution >= 0.6 is 0 Å². The fourth-order valence-electron chi connectivity index (χ4n) is 11.3. The fourth-order valence-corrected chi connectivity index (χ4v) is 11.3. The zero-order chi connectivity index (χ0) is 42.1. The summed E-state index contributed by atoms with van der Waals surface area (Å²) in [6, 6.07) is 87.9. The van der Waals surface area contributed by atoms with Crippen molar-refractivity contribution in [2.75, 3.05) is 4.90 Å². The Balaban J connectivity index is 1.21. The van der Waals surface area contributed by atoms with Crippen LogP contribution < -0.4 is 4.90 Å². The second-order valence-electron chi connectivity index (χ2n) is 17.6. The van der Waals surface area contributed by atoms with Gasteiger partial charge in [-0.2, -0.15) is 0 Å². The van der Waals surface area contributed by atoms with Crippen LogP contribution in [-0.4, -0.2) is 0 Å². The van der Waals surface area contributed by atoms with Crippen molar-refractivity contribution in [1.82, 2.24) is 0 Å². The minimum atomic E-state index is -0.546. The summed E-state index contributed by atoms with van der Waals surface area (Å²) in [7, 11) is 0. The Kier molecular flexibility index (Phi) is 8.49. The van der Waals surface area contributed by atoms with Crippen LogP contribution in [0.15, 0.2) is 237 Å². The second kappa shape index (κ2) is 14.4. The Bertz CT molecular complexity index is 3320. The van der Waals surface area contributed by atoms with Crippen molar-refractivity contribution in [3.8, 4) is 44.5 Å². The van der Waals surface area contributed by atoms with Gasteiger partial charge in [0, 0.05) is 22.2 Å². The summed E-state index contributed by atoms with van der Waals surface area (Å²) < 4.78 is 0. The van der Waals surface area contributed by atoms with E-state index in [1.165, 1.54) is 94.3 Å². The standard InChI is InChI=1S/C62H45N/c1-61(2)54-35-19-17-34-53(54)59-58(40-43-24-12-13-30-48(43)60(59)61)63(57-37-21-18-33-52(57)49-31-15-14-29-47(49)42-22-6-3-7-23-42)46-38-39-51-50-32-16-20-36-55(50)62(56(51)41-46,44-25-8-4-9-26-44)45-27-10-5-11-28-45/h3-41H,1-2H3. The van der Waals surface area contributed by atoms with Gasteiger partial charge in [-0.25, -0.2) is 0 Å². The average Bonchev–Trinajstić information content (AvgIpc) is 3.78. The van der Waals surface area contributed by atoms with Crippen molar-refractivity contribution in [3.63, 3.8) is 0 Å². The lowest BCUT2D eigenvalue weighted by molar-refractivity contribution is 0.666. The van der Waals surface area contributed by atoms with Crippen molar-refractivity contribution < 1.29 is 0 Å². The van der Waals surface area contributed by atoms with Gasteiger partial charge in [0.25, 0.3) is 0 Å². The summed E-state index contributed by atoms with van der Waals surface area (Å²) in [5, 5.41) is 2.53. The van der Waals surface area contributed by atoms with Crippen LogP contribution in [0.1, 0.15) is 47.2 Å². The highest BCUT2D eigenvalue weighted by Gasteiger charge is 2.47. The Labute approximate surface area is 370 Å². The van der Waals surface area contributed by atoms with E-state index >= 15 is 0 Å². The Morgan fingerprint density at radius 1 is 0.349 bits per heavy atom. The molecular formula is C62H45N. The largest absolute Gasteiger partial charge is 0.309 e. The van der Waals surface area contributed by atoms with Crippen LogP contribution in [0.25, 0.3) is 55.3 Å². The average molecular weight is 804 g/mol. The predicted octanol–water partition coefficient (Wildman–Crippen LogP) is 16.3. The summed E-state index contributed by atoms with van der Waals surface area (Å²) in [5.41, 5.74) is 20.4. The van der Waals surface area contributed by atoms with Crippen LogP contribution in [0.3, 0.4) is 0 Å². The molecule has 0 unspecified atom stereocenters. The highest BCUT2D eigenvalue weighted by atomic mass is 15.1. The van der Waals surface area contributed by atoms with Gasteiger partial charge in [-0.3, -0.25) is 0 Å². The summed E-state index contributed by atoms with van der Waals surface area (Å²) in [6.45, 7) is 4.81. The lowest BCUT2D eigenvalue weighted by atomic mass is 9.67. The molecule has 0 amide bonds. The molecule has 63 heavy (non-hydrogen) atoms. The topological polar surface area (TPSA) is 3.24 Å². The first kappa shape index (κ1) is 37.1. The molecule has 0 aromatic heterocycles. The SMILES string of the molecule is CC1(C)c2ccccc2-c2c(N(c3ccc4c(c3)C(c3ccccc3)(c3ccccc3)c3ccccc3-4)c3ccccc3-c3ccccc3-c3ccccc3)cc3ccccc3c21. The normalized spacial score (nSPS) is 13.8. The van der Waals surface area contributed by atoms with Gasteiger partial charge in [-0.15, -0.1) is 0 Å². The van der Waals surface area contributed by atoms with Crippen LogP contribution in [0.2, 0.25) is 0 Å². The minimum absolute atomic E-state index is 0.220.